The number of nitriles is 2. The lowest BCUT2D eigenvalue weighted by molar-refractivity contribution is -0.134. The van der Waals surface area contributed by atoms with Gasteiger partial charge in [-0.15, -0.1) is 0 Å². The summed E-state index contributed by atoms with van der Waals surface area (Å²) in [7, 11) is 0. The van der Waals surface area contributed by atoms with Crippen LogP contribution in [0.3, 0.4) is 0 Å². The average molecular weight is 351 g/mol. The molecule has 1 aromatic heterocycles. The van der Waals surface area contributed by atoms with Crippen LogP contribution < -0.4 is 0 Å². The fourth-order valence-corrected chi connectivity index (χ4v) is 2.33. The van der Waals surface area contributed by atoms with E-state index in [9.17, 15) is 9.59 Å². The predicted molar refractivity (Wildman–Crippen MR) is 91.5 cm³/mol. The summed E-state index contributed by atoms with van der Waals surface area (Å²) in [5, 5.41) is 17.3. The van der Waals surface area contributed by atoms with Crippen LogP contribution in [0, 0.1) is 22.7 Å². The molecule has 0 aliphatic heterocycles. The molecule has 0 aliphatic carbocycles. The van der Waals surface area contributed by atoms with Gasteiger partial charge in [0.05, 0.1) is 31.2 Å². The minimum atomic E-state index is -0.747. The lowest BCUT2D eigenvalue weighted by atomic mass is 10.1. The maximum Gasteiger partial charge on any atom is 0.375 e. The zero-order valence-corrected chi connectivity index (χ0v) is 14.1. The van der Waals surface area contributed by atoms with Gasteiger partial charge in [0.1, 0.15) is 0 Å². The lowest BCUT2D eigenvalue weighted by Gasteiger charge is -2.19. The number of hydrogen-bond acceptors (Lipinski definition) is 6. The standard InChI is InChI=1S/C19H17N3O4/c20-9-4-11-22(12-5-10-21)17(23)14-26-19(24)18-16(8-13-25-18)15-6-2-1-3-7-15/h1-3,6-8,13H,4-5,11-12,14H2. The first-order chi connectivity index (χ1) is 12.7. The van der Waals surface area contributed by atoms with E-state index in [2.05, 4.69) is 0 Å². The first-order valence-corrected chi connectivity index (χ1v) is 7.99. The van der Waals surface area contributed by atoms with Crippen molar-refractivity contribution >= 4 is 11.9 Å². The van der Waals surface area contributed by atoms with Gasteiger partial charge >= 0.3 is 5.97 Å². The van der Waals surface area contributed by atoms with Crippen molar-refractivity contribution in [3.8, 4) is 23.3 Å². The molecule has 7 nitrogen and oxygen atoms in total. The molecule has 132 valence electrons. The Hall–Kier alpha value is -3.58. The minimum Gasteiger partial charge on any atom is -0.457 e. The molecule has 0 N–H and O–H groups in total. The lowest BCUT2D eigenvalue weighted by Crippen LogP contribution is -2.36. The molecule has 1 amide bonds. The van der Waals surface area contributed by atoms with E-state index in [1.54, 1.807) is 6.07 Å². The van der Waals surface area contributed by atoms with Crippen molar-refractivity contribution < 1.29 is 18.7 Å². The van der Waals surface area contributed by atoms with Gasteiger partial charge in [0.2, 0.25) is 5.76 Å². The number of esters is 1. The summed E-state index contributed by atoms with van der Waals surface area (Å²) < 4.78 is 10.3. The van der Waals surface area contributed by atoms with E-state index >= 15 is 0 Å². The van der Waals surface area contributed by atoms with Gasteiger partial charge in [-0.25, -0.2) is 4.79 Å². The van der Waals surface area contributed by atoms with Crippen molar-refractivity contribution in [2.75, 3.05) is 19.7 Å². The van der Waals surface area contributed by atoms with Crippen molar-refractivity contribution in [3.05, 3.63) is 48.4 Å². The van der Waals surface area contributed by atoms with Crippen molar-refractivity contribution in [1.82, 2.24) is 4.90 Å². The number of rotatable bonds is 8. The first kappa shape index (κ1) is 18.8. The van der Waals surface area contributed by atoms with Crippen LogP contribution in [0.1, 0.15) is 23.4 Å². The molecule has 0 atom stereocenters. The average Bonchev–Trinajstić information content (AvgIpc) is 3.16. The molecule has 1 heterocycles. The van der Waals surface area contributed by atoms with Crippen molar-refractivity contribution in [1.29, 1.82) is 10.5 Å². The first-order valence-electron chi connectivity index (χ1n) is 7.99. The van der Waals surface area contributed by atoms with Gasteiger partial charge in [-0.1, -0.05) is 30.3 Å². The third kappa shape index (κ3) is 4.96. The van der Waals surface area contributed by atoms with Crippen LogP contribution in [0.25, 0.3) is 11.1 Å². The van der Waals surface area contributed by atoms with Crippen molar-refractivity contribution in [2.24, 2.45) is 0 Å². The summed E-state index contributed by atoms with van der Waals surface area (Å²) in [6.45, 7) is -0.111. The zero-order valence-electron chi connectivity index (χ0n) is 14.1. The maximum absolute atomic E-state index is 12.3. The fraction of sp³-hybridized carbons (Fsp3) is 0.263. The summed E-state index contributed by atoms with van der Waals surface area (Å²) in [4.78, 5) is 25.8. The van der Waals surface area contributed by atoms with Crippen LogP contribution in [0.5, 0.6) is 0 Å². The molecule has 0 fully saturated rings. The van der Waals surface area contributed by atoms with Crippen molar-refractivity contribution in [2.45, 2.75) is 12.8 Å². The van der Waals surface area contributed by atoms with E-state index in [0.29, 0.717) is 5.56 Å². The van der Waals surface area contributed by atoms with Crippen molar-refractivity contribution in [3.63, 3.8) is 0 Å². The van der Waals surface area contributed by atoms with Crippen LogP contribution in [-0.4, -0.2) is 36.5 Å². The van der Waals surface area contributed by atoms with E-state index < -0.39 is 18.5 Å². The molecule has 0 saturated carbocycles. The van der Waals surface area contributed by atoms with Gasteiger partial charge < -0.3 is 14.1 Å². The van der Waals surface area contributed by atoms with E-state index in [0.717, 1.165) is 5.56 Å². The van der Waals surface area contributed by atoms with Crippen LogP contribution in [0.4, 0.5) is 0 Å². The summed E-state index contributed by atoms with van der Waals surface area (Å²) in [6, 6.07) is 14.7. The molecule has 1 aromatic carbocycles. The predicted octanol–water partition coefficient (Wildman–Crippen LogP) is 2.76. The third-order valence-electron chi connectivity index (χ3n) is 3.60. The number of benzene rings is 1. The number of carbonyl (C=O) groups excluding carboxylic acids is 2. The fourth-order valence-electron chi connectivity index (χ4n) is 2.33. The molecule has 7 heteroatoms. The number of furan rings is 1. The second-order valence-electron chi connectivity index (χ2n) is 5.30. The molecule has 26 heavy (non-hydrogen) atoms. The molecule has 0 spiro atoms. The zero-order chi connectivity index (χ0) is 18.8. The SMILES string of the molecule is N#CCCN(CCC#N)C(=O)COC(=O)c1occc1-c1ccccc1. The Balaban J connectivity index is 2.00. The molecule has 0 unspecified atom stereocenters. The van der Waals surface area contributed by atoms with Crippen LogP contribution in [0.2, 0.25) is 0 Å². The van der Waals surface area contributed by atoms with Gasteiger partial charge in [0, 0.05) is 18.7 Å². The highest BCUT2D eigenvalue weighted by atomic mass is 16.5. The molecule has 0 aliphatic rings. The summed E-state index contributed by atoms with van der Waals surface area (Å²) in [6.07, 6.45) is 1.66. The highest BCUT2D eigenvalue weighted by Gasteiger charge is 2.21. The molecule has 2 rings (SSSR count). The molecule has 0 bridgehead atoms. The van der Waals surface area contributed by atoms with Gasteiger partial charge in [0.15, 0.2) is 6.61 Å². The Labute approximate surface area is 151 Å². The second-order valence-corrected chi connectivity index (χ2v) is 5.30. The third-order valence-corrected chi connectivity index (χ3v) is 3.60. The Morgan fingerprint density at radius 3 is 2.31 bits per heavy atom. The van der Waals surface area contributed by atoms with Gasteiger partial charge in [-0.2, -0.15) is 10.5 Å². The largest absolute Gasteiger partial charge is 0.457 e. The van der Waals surface area contributed by atoms with Crippen LogP contribution in [0.15, 0.2) is 47.1 Å². The Morgan fingerprint density at radius 2 is 1.69 bits per heavy atom. The summed E-state index contributed by atoms with van der Waals surface area (Å²) in [5.74, 6) is -1.19. The number of carbonyl (C=O) groups is 2. The normalized spacial score (nSPS) is 9.77. The smallest absolute Gasteiger partial charge is 0.375 e. The van der Waals surface area contributed by atoms with E-state index in [-0.39, 0.29) is 31.7 Å². The molecule has 2 aromatic rings. The van der Waals surface area contributed by atoms with Crippen LogP contribution in [-0.2, 0) is 9.53 Å². The second kappa shape index (κ2) is 9.65. The molecule has 0 saturated heterocycles. The number of amides is 1. The Kier molecular flexibility index (Phi) is 6.96. The Morgan fingerprint density at radius 1 is 1.04 bits per heavy atom. The quantitative estimate of drug-likeness (QED) is 0.677. The van der Waals surface area contributed by atoms with E-state index in [1.165, 1.54) is 11.2 Å². The summed E-state index contributed by atoms with van der Waals surface area (Å²) >= 11 is 0. The van der Waals surface area contributed by atoms with Gasteiger partial charge in [-0.05, 0) is 11.6 Å². The highest BCUT2D eigenvalue weighted by Crippen LogP contribution is 2.25. The molecular formula is C19H17N3O4. The number of ether oxygens (including phenoxy) is 1. The Bertz CT molecular complexity index is 812. The molecular weight excluding hydrogens is 334 g/mol. The van der Waals surface area contributed by atoms with Gasteiger partial charge in [0.25, 0.3) is 5.91 Å². The van der Waals surface area contributed by atoms with Crippen LogP contribution >= 0.6 is 0 Å². The number of hydrogen-bond donors (Lipinski definition) is 0. The minimum absolute atomic E-state index is 0.0181. The van der Waals surface area contributed by atoms with Gasteiger partial charge in [-0.3, -0.25) is 4.79 Å². The number of nitrogens with zero attached hydrogens (tertiary/aromatic N) is 3. The van der Waals surface area contributed by atoms with E-state index in [1.807, 2.05) is 42.5 Å². The summed E-state index contributed by atoms with van der Waals surface area (Å²) in [5.41, 5.74) is 1.37. The topological polar surface area (TPSA) is 107 Å². The monoisotopic (exact) mass is 351 g/mol. The highest BCUT2D eigenvalue weighted by molar-refractivity contribution is 5.95. The van der Waals surface area contributed by atoms with E-state index in [4.69, 9.17) is 19.7 Å². The maximum atomic E-state index is 12.3. The molecule has 0 radical (unpaired) electrons.